The number of ether oxygens (including phenoxy) is 5. The molecular formula is C28H49N9O7. The molecule has 0 aromatic heterocycles. The van der Waals surface area contributed by atoms with Crippen molar-refractivity contribution in [3.63, 3.8) is 0 Å². The van der Waals surface area contributed by atoms with Gasteiger partial charge in [-0.05, 0) is 43.7 Å². The number of phenolic OH excluding ortho intramolecular Hbond substituents is 1. The van der Waals surface area contributed by atoms with Crippen LogP contribution in [-0.2, 0) is 30.1 Å². The molecule has 1 atom stereocenters. The predicted octanol–water partition coefficient (Wildman–Crippen LogP) is 1.11. The first kappa shape index (κ1) is 36.8. The van der Waals surface area contributed by atoms with E-state index in [-0.39, 0.29) is 17.8 Å². The number of carbonyl (C=O) groups is 1. The number of aromatic hydroxyl groups is 1. The van der Waals surface area contributed by atoms with E-state index < -0.39 is 0 Å². The minimum absolute atomic E-state index is 0.127. The highest BCUT2D eigenvalue weighted by Gasteiger charge is 2.15. The molecule has 248 valence electrons. The molecule has 1 aromatic carbocycles. The van der Waals surface area contributed by atoms with E-state index in [0.717, 1.165) is 17.7 Å². The molecular weight excluding hydrogens is 574 g/mol. The van der Waals surface area contributed by atoms with Gasteiger partial charge in [0.25, 0.3) is 0 Å². The van der Waals surface area contributed by atoms with Crippen molar-refractivity contribution in [2.45, 2.75) is 18.9 Å². The van der Waals surface area contributed by atoms with Gasteiger partial charge < -0.3 is 49.8 Å². The Balaban J connectivity index is 1.39. The Morgan fingerprint density at radius 3 is 2.14 bits per heavy atom. The van der Waals surface area contributed by atoms with Crippen LogP contribution in [0.25, 0.3) is 10.4 Å². The van der Waals surface area contributed by atoms with E-state index in [2.05, 4.69) is 36.5 Å². The summed E-state index contributed by atoms with van der Waals surface area (Å²) in [4.78, 5) is 17.0. The molecule has 0 radical (unpaired) electrons. The van der Waals surface area contributed by atoms with Gasteiger partial charge in [0.15, 0.2) is 0 Å². The summed E-state index contributed by atoms with van der Waals surface area (Å²) in [7, 11) is 3.97. The van der Waals surface area contributed by atoms with Gasteiger partial charge in [0.2, 0.25) is 0 Å². The van der Waals surface area contributed by atoms with Gasteiger partial charge in [-0.2, -0.15) is 0 Å². The highest BCUT2D eigenvalue weighted by molar-refractivity contribution is 5.73. The summed E-state index contributed by atoms with van der Waals surface area (Å²) in [6, 6.07) is 7.05. The van der Waals surface area contributed by atoms with Crippen molar-refractivity contribution in [2.75, 3.05) is 106 Å². The first-order valence-electron chi connectivity index (χ1n) is 14.8. The van der Waals surface area contributed by atoms with E-state index in [4.69, 9.17) is 29.2 Å². The Morgan fingerprint density at radius 2 is 1.55 bits per heavy atom. The quantitative estimate of drug-likeness (QED) is 0.0431. The molecule has 16 heteroatoms. The normalized spacial score (nSPS) is 13.3. The van der Waals surface area contributed by atoms with Crippen LogP contribution in [0.2, 0.25) is 0 Å². The number of hydrogen-bond acceptors (Lipinski definition) is 12. The van der Waals surface area contributed by atoms with Crippen LogP contribution in [0.3, 0.4) is 0 Å². The van der Waals surface area contributed by atoms with Crippen LogP contribution in [-0.4, -0.2) is 133 Å². The summed E-state index contributed by atoms with van der Waals surface area (Å²) in [5, 5.41) is 20.6. The van der Waals surface area contributed by atoms with Crippen LogP contribution < -0.4 is 21.6 Å². The highest BCUT2D eigenvalue weighted by atomic mass is 16.6. The zero-order valence-electron chi connectivity index (χ0n) is 25.9. The molecule has 1 aliphatic heterocycles. The van der Waals surface area contributed by atoms with Crippen molar-refractivity contribution in [1.29, 1.82) is 0 Å². The Labute approximate surface area is 259 Å². The molecule has 0 fully saturated rings. The van der Waals surface area contributed by atoms with E-state index in [1.165, 1.54) is 0 Å². The van der Waals surface area contributed by atoms with Crippen molar-refractivity contribution < 1.29 is 33.6 Å². The Hall–Kier alpha value is -3.34. The van der Waals surface area contributed by atoms with Crippen LogP contribution in [0, 0.1) is 0 Å². The van der Waals surface area contributed by atoms with Crippen LogP contribution in [0.15, 0.2) is 41.3 Å². The predicted molar refractivity (Wildman–Crippen MR) is 164 cm³/mol. The summed E-state index contributed by atoms with van der Waals surface area (Å²) >= 11 is 0. The third-order valence-corrected chi connectivity index (χ3v) is 6.35. The van der Waals surface area contributed by atoms with Gasteiger partial charge in [0.1, 0.15) is 5.75 Å². The summed E-state index contributed by atoms with van der Waals surface area (Å²) in [6.07, 6.45) is 3.37. The smallest absolute Gasteiger partial charge is 0.314 e. The maximum Gasteiger partial charge on any atom is 0.314 e. The second-order valence-corrected chi connectivity index (χ2v) is 9.98. The minimum Gasteiger partial charge on any atom is -0.508 e. The number of nitrogens with zero attached hydrogens (tertiary/aromatic N) is 5. The standard InChI is InChI=1S/C28H49N9O7/c1-36(2)26(21-24-3-5-27(38)6-4-24)22-31-28(39)30-8-7-25-23-37(35-33-25)10-12-41-14-16-43-18-20-44-19-17-42-15-13-40-11-9-32-34-29/h3-6,23,26,33,35,38H,7-22H2,1-2H3,(H2,30,31,39)/t26-/m0/s1. The van der Waals surface area contributed by atoms with Gasteiger partial charge in [-0.3, -0.25) is 5.01 Å². The number of benzene rings is 1. The van der Waals surface area contributed by atoms with E-state index >= 15 is 0 Å². The maximum absolute atomic E-state index is 12.3. The molecule has 1 aliphatic rings. The third kappa shape index (κ3) is 18.4. The summed E-state index contributed by atoms with van der Waals surface area (Å²) < 4.78 is 27.2. The molecule has 1 heterocycles. The molecule has 0 saturated carbocycles. The fourth-order valence-corrected chi connectivity index (χ4v) is 3.86. The number of azide groups is 1. The van der Waals surface area contributed by atoms with Crippen LogP contribution in [0.1, 0.15) is 12.0 Å². The van der Waals surface area contributed by atoms with E-state index in [1.807, 2.05) is 37.4 Å². The number of hydrogen-bond donors (Lipinski definition) is 5. The largest absolute Gasteiger partial charge is 0.508 e. The topological polar surface area (TPSA) is 187 Å². The SMILES string of the molecule is CN(C)[C@H](CNC(=O)NCCC1=CN(CCOCCOCCOCCOCCOCCN=[N+]=[N-])NN1)Cc1ccc(O)cc1. The molecule has 2 amide bonds. The van der Waals surface area contributed by atoms with Crippen molar-refractivity contribution in [3.8, 4) is 5.75 Å². The molecule has 0 unspecified atom stereocenters. The van der Waals surface area contributed by atoms with Crippen molar-refractivity contribution in [1.82, 2.24) is 31.5 Å². The van der Waals surface area contributed by atoms with Crippen LogP contribution in [0.4, 0.5) is 4.79 Å². The van der Waals surface area contributed by atoms with Crippen LogP contribution >= 0.6 is 0 Å². The first-order chi connectivity index (χ1) is 21.5. The zero-order valence-corrected chi connectivity index (χ0v) is 25.9. The van der Waals surface area contributed by atoms with E-state index in [0.29, 0.717) is 98.7 Å². The molecule has 44 heavy (non-hydrogen) atoms. The van der Waals surface area contributed by atoms with Gasteiger partial charge >= 0.3 is 6.03 Å². The maximum atomic E-state index is 12.3. The molecule has 16 nitrogen and oxygen atoms in total. The number of phenols is 1. The molecule has 2 rings (SSSR count). The number of carbonyl (C=O) groups excluding carboxylic acids is 1. The van der Waals surface area contributed by atoms with Crippen molar-refractivity contribution in [2.24, 2.45) is 5.11 Å². The van der Waals surface area contributed by atoms with E-state index in [9.17, 15) is 9.90 Å². The summed E-state index contributed by atoms with van der Waals surface area (Å²) in [5.41, 5.74) is 16.4. The lowest BCUT2D eigenvalue weighted by Crippen LogP contribution is -2.45. The number of urea groups is 1. The molecule has 1 aromatic rings. The fraction of sp³-hybridized carbons (Fsp3) is 0.679. The van der Waals surface area contributed by atoms with E-state index in [1.54, 1.807) is 12.1 Å². The van der Waals surface area contributed by atoms with Gasteiger partial charge in [0.05, 0.1) is 72.6 Å². The van der Waals surface area contributed by atoms with Gasteiger partial charge in [-0.15, -0.1) is 5.53 Å². The number of likely N-dealkylation sites (N-methyl/N-ethyl adjacent to an activating group) is 1. The van der Waals surface area contributed by atoms with Crippen molar-refractivity contribution >= 4 is 6.03 Å². The Kier molecular flexibility index (Phi) is 20.1. The first-order valence-corrected chi connectivity index (χ1v) is 14.8. The van der Waals surface area contributed by atoms with Gasteiger partial charge in [-0.1, -0.05) is 17.2 Å². The zero-order chi connectivity index (χ0) is 31.7. The Bertz CT molecular complexity index is 979. The van der Waals surface area contributed by atoms with Gasteiger partial charge in [-0.25, -0.2) is 4.79 Å². The fourth-order valence-electron chi connectivity index (χ4n) is 3.86. The Morgan fingerprint density at radius 1 is 0.955 bits per heavy atom. The van der Waals surface area contributed by atoms with Crippen molar-refractivity contribution in [3.05, 3.63) is 52.2 Å². The average Bonchev–Trinajstić information content (AvgIpc) is 3.46. The second-order valence-electron chi connectivity index (χ2n) is 9.98. The number of amides is 2. The highest BCUT2D eigenvalue weighted by Crippen LogP contribution is 2.12. The number of rotatable bonds is 26. The number of hydrazine groups is 2. The lowest BCUT2D eigenvalue weighted by molar-refractivity contribution is -0.0117. The average molecular weight is 624 g/mol. The van der Waals surface area contributed by atoms with Gasteiger partial charge in [0, 0.05) is 48.9 Å². The molecule has 0 aliphatic carbocycles. The third-order valence-electron chi connectivity index (χ3n) is 6.35. The lowest BCUT2D eigenvalue weighted by atomic mass is 10.1. The summed E-state index contributed by atoms with van der Waals surface area (Å²) in [6.45, 7) is 6.71. The summed E-state index contributed by atoms with van der Waals surface area (Å²) in [5.74, 6) is 0.242. The second kappa shape index (κ2) is 24.0. The lowest BCUT2D eigenvalue weighted by Gasteiger charge is -2.25. The monoisotopic (exact) mass is 623 g/mol. The molecule has 0 saturated heterocycles. The molecule has 0 bridgehead atoms. The molecule has 5 N–H and O–H groups in total. The minimum atomic E-state index is -0.208. The number of nitrogens with one attached hydrogen (secondary N) is 4. The molecule has 0 spiro atoms. The van der Waals surface area contributed by atoms with Crippen LogP contribution in [0.5, 0.6) is 5.75 Å².